The fourth-order valence-electron chi connectivity index (χ4n) is 2.99. The number of nitrogens with two attached hydrogens (primary N) is 1. The Morgan fingerprint density at radius 1 is 1.39 bits per heavy atom. The van der Waals surface area contributed by atoms with Crippen molar-refractivity contribution in [1.82, 2.24) is 19.9 Å². The standard InChI is InChI=1S/C15H20N6O2.C6H10F2/c1-15(2,3)23-14(22)18-8-11-9-21-13(20-11)6-10(7-19-21)12(17)4-5-16;7-6(8)4-2-1-3-5-6/h6-7,9,12H,4,8,17H2,1-3H3,(H,18,22);1-5H2. The predicted octanol–water partition coefficient (Wildman–Crippen LogP) is 4.25. The monoisotopic (exact) mass is 436 g/mol. The van der Waals surface area contributed by atoms with Crippen LogP contribution in [0.25, 0.3) is 5.65 Å². The van der Waals surface area contributed by atoms with Crippen molar-refractivity contribution < 1.29 is 18.3 Å². The summed E-state index contributed by atoms with van der Waals surface area (Å²) in [5, 5.41) is 15.5. The van der Waals surface area contributed by atoms with Gasteiger partial charge < -0.3 is 15.8 Å². The molecular formula is C21H30F2N6O2. The number of fused-ring (bicyclic) bond motifs is 1. The third kappa shape index (κ3) is 8.45. The van der Waals surface area contributed by atoms with Crippen LogP contribution in [0.15, 0.2) is 18.5 Å². The van der Waals surface area contributed by atoms with E-state index in [1.807, 2.05) is 6.07 Å². The Kier molecular flexibility index (Phi) is 8.28. The molecule has 0 spiro atoms. The van der Waals surface area contributed by atoms with Gasteiger partial charge in [-0.05, 0) is 45.2 Å². The van der Waals surface area contributed by atoms with Crippen LogP contribution in [0.3, 0.4) is 0 Å². The molecule has 8 nitrogen and oxygen atoms in total. The number of hydrogen-bond acceptors (Lipinski definition) is 6. The van der Waals surface area contributed by atoms with Crippen molar-refractivity contribution >= 4 is 11.7 Å². The largest absolute Gasteiger partial charge is 0.444 e. The highest BCUT2D eigenvalue weighted by Gasteiger charge is 2.30. The number of ether oxygens (including phenoxy) is 1. The molecule has 10 heteroatoms. The summed E-state index contributed by atoms with van der Waals surface area (Å²) in [6.07, 6.45) is 5.70. The van der Waals surface area contributed by atoms with Crippen molar-refractivity contribution in [2.45, 2.75) is 83.4 Å². The Balaban J connectivity index is 0.000000357. The average Bonchev–Trinajstić information content (AvgIpc) is 3.07. The molecule has 1 unspecified atom stereocenters. The third-order valence-electron chi connectivity index (χ3n) is 4.53. The van der Waals surface area contributed by atoms with Gasteiger partial charge in [0.05, 0.1) is 37.1 Å². The Morgan fingerprint density at radius 3 is 2.61 bits per heavy atom. The van der Waals surface area contributed by atoms with Crippen LogP contribution < -0.4 is 11.1 Å². The quantitative estimate of drug-likeness (QED) is 0.739. The van der Waals surface area contributed by atoms with Crippen molar-refractivity contribution in [2.24, 2.45) is 5.73 Å². The number of amides is 1. The molecule has 3 rings (SSSR count). The molecule has 1 saturated carbocycles. The molecule has 0 saturated heterocycles. The third-order valence-corrected chi connectivity index (χ3v) is 4.53. The first kappa shape index (κ1) is 24.5. The Labute approximate surface area is 180 Å². The lowest BCUT2D eigenvalue weighted by Crippen LogP contribution is -2.32. The van der Waals surface area contributed by atoms with Crippen LogP contribution in [0.5, 0.6) is 0 Å². The lowest BCUT2D eigenvalue weighted by atomic mass is 9.97. The SMILES string of the molecule is CC(C)(C)OC(=O)NCc1cn2ncc(C(N)CC#N)cc2n1.FC1(F)CCCCC1. The molecule has 0 bridgehead atoms. The van der Waals surface area contributed by atoms with Crippen LogP contribution >= 0.6 is 0 Å². The lowest BCUT2D eigenvalue weighted by Gasteiger charge is -2.20. The summed E-state index contributed by atoms with van der Waals surface area (Å²) in [7, 11) is 0. The Bertz CT molecular complexity index is 909. The maximum absolute atomic E-state index is 12.2. The molecular weight excluding hydrogens is 406 g/mol. The molecule has 0 radical (unpaired) electrons. The number of nitrogens with one attached hydrogen (secondary N) is 1. The highest BCUT2D eigenvalue weighted by atomic mass is 19.3. The van der Waals surface area contributed by atoms with Crippen LogP contribution in [0.4, 0.5) is 13.6 Å². The number of nitriles is 1. The number of aromatic nitrogens is 3. The summed E-state index contributed by atoms with van der Waals surface area (Å²) >= 11 is 0. The fraction of sp³-hybridized carbons (Fsp3) is 0.619. The van der Waals surface area contributed by atoms with E-state index in [2.05, 4.69) is 15.4 Å². The zero-order valence-electron chi connectivity index (χ0n) is 18.2. The smallest absolute Gasteiger partial charge is 0.407 e. The number of carbonyl (C=O) groups excluding carboxylic acids is 1. The zero-order chi connectivity index (χ0) is 23.1. The van der Waals surface area contributed by atoms with Gasteiger partial charge in [0, 0.05) is 18.9 Å². The molecule has 2 heterocycles. The van der Waals surface area contributed by atoms with Gasteiger partial charge >= 0.3 is 6.09 Å². The van der Waals surface area contributed by atoms with Crippen LogP contribution in [0.1, 0.15) is 76.6 Å². The molecule has 2 aromatic heterocycles. The second kappa shape index (κ2) is 10.5. The average molecular weight is 437 g/mol. The number of halogens is 2. The normalized spacial score (nSPS) is 16.5. The fourth-order valence-corrected chi connectivity index (χ4v) is 2.99. The predicted molar refractivity (Wildman–Crippen MR) is 111 cm³/mol. The van der Waals surface area contributed by atoms with E-state index in [0.717, 1.165) is 12.0 Å². The van der Waals surface area contributed by atoms with E-state index in [0.29, 0.717) is 24.2 Å². The summed E-state index contributed by atoms with van der Waals surface area (Å²) in [5.41, 5.74) is 7.34. The molecule has 170 valence electrons. The van der Waals surface area contributed by atoms with E-state index in [4.69, 9.17) is 15.7 Å². The van der Waals surface area contributed by atoms with Gasteiger partial charge in [-0.15, -0.1) is 0 Å². The van der Waals surface area contributed by atoms with Crippen molar-refractivity contribution in [3.63, 3.8) is 0 Å². The van der Waals surface area contributed by atoms with Crippen molar-refractivity contribution in [3.05, 3.63) is 29.7 Å². The van der Waals surface area contributed by atoms with Gasteiger partial charge in [0.15, 0.2) is 5.65 Å². The molecule has 1 atom stereocenters. The first-order chi connectivity index (χ1) is 14.5. The zero-order valence-corrected chi connectivity index (χ0v) is 18.2. The van der Waals surface area contributed by atoms with Gasteiger partial charge in [0.1, 0.15) is 5.60 Å². The van der Waals surface area contributed by atoms with Gasteiger partial charge in [0.25, 0.3) is 0 Å². The minimum absolute atomic E-state index is 0.118. The molecule has 1 fully saturated rings. The Morgan fingerprint density at radius 2 is 2.06 bits per heavy atom. The van der Waals surface area contributed by atoms with Gasteiger partial charge in [-0.1, -0.05) is 6.42 Å². The summed E-state index contributed by atoms with van der Waals surface area (Å²) < 4.78 is 31.2. The summed E-state index contributed by atoms with van der Waals surface area (Å²) in [6, 6.07) is 3.42. The highest BCUT2D eigenvalue weighted by Crippen LogP contribution is 2.32. The van der Waals surface area contributed by atoms with Crippen LogP contribution in [-0.2, 0) is 11.3 Å². The summed E-state index contributed by atoms with van der Waals surface area (Å²) in [6.45, 7) is 5.63. The molecule has 0 aliphatic heterocycles. The first-order valence-electron chi connectivity index (χ1n) is 10.3. The molecule has 0 aromatic carbocycles. The van der Waals surface area contributed by atoms with E-state index in [1.54, 1.807) is 43.7 Å². The second-order valence-corrected chi connectivity index (χ2v) is 8.56. The van der Waals surface area contributed by atoms with Crippen molar-refractivity contribution in [1.29, 1.82) is 5.26 Å². The molecule has 31 heavy (non-hydrogen) atoms. The van der Waals surface area contributed by atoms with Gasteiger partial charge in [0.2, 0.25) is 5.92 Å². The van der Waals surface area contributed by atoms with Crippen molar-refractivity contribution in [2.75, 3.05) is 0 Å². The van der Waals surface area contributed by atoms with Crippen LogP contribution in [0.2, 0.25) is 0 Å². The highest BCUT2D eigenvalue weighted by molar-refractivity contribution is 5.67. The number of imidazole rings is 1. The number of nitrogens with zero attached hydrogens (tertiary/aromatic N) is 4. The topological polar surface area (TPSA) is 118 Å². The first-order valence-corrected chi connectivity index (χ1v) is 10.3. The van der Waals surface area contributed by atoms with E-state index >= 15 is 0 Å². The molecule has 2 aromatic rings. The minimum atomic E-state index is -2.32. The number of alkyl carbamates (subject to hydrolysis) is 1. The maximum atomic E-state index is 12.2. The van der Waals surface area contributed by atoms with E-state index in [1.165, 1.54) is 0 Å². The Hall–Kier alpha value is -2.80. The molecule has 1 aliphatic carbocycles. The number of rotatable bonds is 4. The second-order valence-electron chi connectivity index (χ2n) is 8.56. The van der Waals surface area contributed by atoms with Gasteiger partial charge in [-0.25, -0.2) is 23.1 Å². The van der Waals surface area contributed by atoms with Crippen LogP contribution in [0, 0.1) is 11.3 Å². The number of carbonyl (C=O) groups is 1. The maximum Gasteiger partial charge on any atom is 0.407 e. The van der Waals surface area contributed by atoms with E-state index < -0.39 is 23.7 Å². The number of alkyl halides is 2. The lowest BCUT2D eigenvalue weighted by molar-refractivity contribution is -0.0337. The molecule has 1 aliphatic rings. The van der Waals surface area contributed by atoms with E-state index in [-0.39, 0.29) is 25.8 Å². The summed E-state index contributed by atoms with van der Waals surface area (Å²) in [4.78, 5) is 16.0. The van der Waals surface area contributed by atoms with Gasteiger partial charge in [-0.2, -0.15) is 10.4 Å². The van der Waals surface area contributed by atoms with Gasteiger partial charge in [-0.3, -0.25) is 0 Å². The van der Waals surface area contributed by atoms with Crippen LogP contribution in [-0.4, -0.2) is 32.2 Å². The summed E-state index contributed by atoms with van der Waals surface area (Å²) in [5.74, 6) is -2.32. The minimum Gasteiger partial charge on any atom is -0.444 e. The number of hydrogen-bond donors (Lipinski definition) is 2. The van der Waals surface area contributed by atoms with E-state index in [9.17, 15) is 13.6 Å². The molecule has 1 amide bonds. The van der Waals surface area contributed by atoms with Crippen molar-refractivity contribution in [3.8, 4) is 6.07 Å². The molecule has 3 N–H and O–H groups in total.